The fraction of sp³-hybridized carbons (Fsp3) is 0.286. The van der Waals surface area contributed by atoms with Crippen LogP contribution in [0.4, 0.5) is 0 Å². The second kappa shape index (κ2) is 8.58. The normalized spacial score (nSPS) is 15.8. The molecule has 148 valence electrons. The van der Waals surface area contributed by atoms with Crippen molar-refractivity contribution < 1.29 is 18.3 Å². The Bertz CT molecular complexity index is 963. The lowest BCUT2D eigenvalue weighted by molar-refractivity contribution is 0.0695. The van der Waals surface area contributed by atoms with Crippen molar-refractivity contribution in [3.8, 4) is 5.75 Å². The molecule has 2 aromatic rings. The molecule has 6 nitrogen and oxygen atoms in total. The smallest absolute Gasteiger partial charge is 0.257 e. The minimum absolute atomic E-state index is 0.0527. The Hall–Kier alpha value is -2.64. The monoisotopic (exact) mass is 400 g/mol. The lowest BCUT2D eigenvalue weighted by Crippen LogP contribution is -2.50. The van der Waals surface area contributed by atoms with Gasteiger partial charge in [0, 0.05) is 31.6 Å². The predicted octanol–water partition coefficient (Wildman–Crippen LogP) is 2.71. The molecule has 0 unspecified atom stereocenters. The summed E-state index contributed by atoms with van der Waals surface area (Å²) in [6.07, 6.45) is 2.33. The zero-order chi connectivity index (χ0) is 20.1. The Balaban J connectivity index is 1.65. The molecule has 1 fully saturated rings. The zero-order valence-corrected chi connectivity index (χ0v) is 16.6. The van der Waals surface area contributed by atoms with E-state index in [1.54, 1.807) is 23.1 Å². The van der Waals surface area contributed by atoms with Crippen molar-refractivity contribution in [2.75, 3.05) is 26.2 Å². The van der Waals surface area contributed by atoms with Gasteiger partial charge in [-0.3, -0.25) is 4.79 Å². The first kappa shape index (κ1) is 20.1. The van der Waals surface area contributed by atoms with Gasteiger partial charge in [0.15, 0.2) is 0 Å². The van der Waals surface area contributed by atoms with Gasteiger partial charge >= 0.3 is 0 Å². The molecule has 1 aliphatic rings. The zero-order valence-electron chi connectivity index (χ0n) is 15.8. The average Bonchev–Trinajstić information content (AvgIpc) is 2.73. The third kappa shape index (κ3) is 4.61. The Labute approximate surface area is 165 Å². The van der Waals surface area contributed by atoms with E-state index >= 15 is 0 Å². The summed E-state index contributed by atoms with van der Waals surface area (Å²) in [4.78, 5) is 14.3. The molecule has 0 aromatic heterocycles. The highest BCUT2D eigenvalue weighted by molar-refractivity contribution is 7.92. The first-order valence-corrected chi connectivity index (χ1v) is 10.8. The molecule has 7 heteroatoms. The lowest BCUT2D eigenvalue weighted by Gasteiger charge is -2.33. The molecular formula is C21H24N2O4S. The van der Waals surface area contributed by atoms with Crippen LogP contribution in [-0.4, -0.2) is 54.8 Å². The van der Waals surface area contributed by atoms with Gasteiger partial charge in [0.05, 0.1) is 5.56 Å². The van der Waals surface area contributed by atoms with E-state index in [-0.39, 0.29) is 43.4 Å². The minimum Gasteiger partial charge on any atom is -0.507 e. The van der Waals surface area contributed by atoms with Crippen LogP contribution in [0.1, 0.15) is 28.4 Å². The Morgan fingerprint density at radius 3 is 2.39 bits per heavy atom. The van der Waals surface area contributed by atoms with Crippen molar-refractivity contribution in [3.05, 3.63) is 70.6 Å². The van der Waals surface area contributed by atoms with E-state index in [0.29, 0.717) is 0 Å². The highest BCUT2D eigenvalue weighted by atomic mass is 32.2. The molecule has 0 atom stereocenters. The van der Waals surface area contributed by atoms with Gasteiger partial charge in [-0.1, -0.05) is 43.3 Å². The number of aromatic hydroxyl groups is 1. The second-order valence-electron chi connectivity index (χ2n) is 6.65. The maximum Gasteiger partial charge on any atom is 0.257 e. The molecule has 1 saturated heterocycles. The first-order valence-electron chi connectivity index (χ1n) is 9.25. The van der Waals surface area contributed by atoms with Crippen LogP contribution in [-0.2, 0) is 16.4 Å². The fourth-order valence-corrected chi connectivity index (χ4v) is 4.28. The number of amides is 1. The Morgan fingerprint density at radius 1 is 1.07 bits per heavy atom. The van der Waals surface area contributed by atoms with E-state index in [2.05, 4.69) is 0 Å². The van der Waals surface area contributed by atoms with E-state index in [0.717, 1.165) is 17.5 Å². The van der Waals surface area contributed by atoms with E-state index in [1.165, 1.54) is 15.8 Å². The topological polar surface area (TPSA) is 77.9 Å². The van der Waals surface area contributed by atoms with Gasteiger partial charge in [0.1, 0.15) is 5.75 Å². The van der Waals surface area contributed by atoms with Gasteiger partial charge in [-0.25, -0.2) is 8.42 Å². The number of nitrogens with zero attached hydrogens (tertiary/aromatic N) is 2. The number of benzene rings is 2. The standard InChI is InChI=1S/C21H24N2O4S/c1-2-17-8-9-20(24)19(16-17)21(25)22-11-13-23(14-12-22)28(26,27)15-10-18-6-4-3-5-7-18/h3-10,15-16,24H,2,11-14H2,1H3/b15-10+. The maximum atomic E-state index is 12.7. The van der Waals surface area contributed by atoms with Gasteiger partial charge in [-0.05, 0) is 35.8 Å². The van der Waals surface area contributed by atoms with E-state index < -0.39 is 10.0 Å². The molecule has 1 heterocycles. The third-order valence-electron chi connectivity index (χ3n) is 4.82. The van der Waals surface area contributed by atoms with Gasteiger partial charge in [0.25, 0.3) is 5.91 Å². The number of phenolic OH excluding ortho intramolecular Hbond substituents is 1. The number of sulfonamides is 1. The Morgan fingerprint density at radius 2 is 1.75 bits per heavy atom. The number of hydrogen-bond acceptors (Lipinski definition) is 4. The summed E-state index contributed by atoms with van der Waals surface area (Å²) in [5, 5.41) is 11.2. The van der Waals surface area contributed by atoms with E-state index in [4.69, 9.17) is 0 Å². The molecule has 0 aliphatic carbocycles. The first-order chi connectivity index (χ1) is 13.4. The van der Waals surface area contributed by atoms with Crippen molar-refractivity contribution in [1.29, 1.82) is 0 Å². The second-order valence-corrected chi connectivity index (χ2v) is 8.47. The third-order valence-corrected chi connectivity index (χ3v) is 6.38. The van der Waals surface area contributed by atoms with Gasteiger partial charge in [-0.2, -0.15) is 4.31 Å². The summed E-state index contributed by atoms with van der Waals surface area (Å²) in [5.74, 6) is -0.326. The number of aryl methyl sites for hydroxylation is 1. The highest BCUT2D eigenvalue weighted by Gasteiger charge is 2.28. The number of carbonyl (C=O) groups excluding carboxylic acids is 1. The molecule has 28 heavy (non-hydrogen) atoms. The number of hydrogen-bond donors (Lipinski definition) is 1. The largest absolute Gasteiger partial charge is 0.507 e. The minimum atomic E-state index is -3.55. The van der Waals surface area contributed by atoms with Crippen LogP contribution in [0.5, 0.6) is 5.75 Å². The van der Waals surface area contributed by atoms with Crippen LogP contribution in [0, 0.1) is 0 Å². The van der Waals surface area contributed by atoms with Crippen molar-refractivity contribution in [1.82, 2.24) is 9.21 Å². The van der Waals surface area contributed by atoms with Gasteiger partial charge in [-0.15, -0.1) is 0 Å². The summed E-state index contributed by atoms with van der Waals surface area (Å²) in [6.45, 7) is 3.00. The molecule has 0 spiro atoms. The molecule has 1 amide bonds. The molecule has 3 rings (SSSR count). The van der Waals surface area contributed by atoms with Crippen LogP contribution in [0.25, 0.3) is 6.08 Å². The molecule has 2 aromatic carbocycles. The number of piperazine rings is 1. The quantitative estimate of drug-likeness (QED) is 0.837. The van der Waals surface area contributed by atoms with Gasteiger partial charge in [0.2, 0.25) is 10.0 Å². The molecule has 0 saturated carbocycles. The van der Waals surface area contributed by atoms with Crippen LogP contribution in [0.2, 0.25) is 0 Å². The van der Waals surface area contributed by atoms with Crippen molar-refractivity contribution in [3.63, 3.8) is 0 Å². The molecular weight excluding hydrogens is 376 g/mol. The van der Waals surface area contributed by atoms with E-state index in [1.807, 2.05) is 37.3 Å². The lowest BCUT2D eigenvalue weighted by atomic mass is 10.1. The summed E-state index contributed by atoms with van der Waals surface area (Å²) >= 11 is 0. The number of rotatable bonds is 5. The maximum absolute atomic E-state index is 12.7. The SMILES string of the molecule is CCc1ccc(O)c(C(=O)N2CCN(S(=O)(=O)/C=C/c3ccccc3)CC2)c1. The highest BCUT2D eigenvalue weighted by Crippen LogP contribution is 2.22. The summed E-state index contributed by atoms with van der Waals surface area (Å²) in [5.41, 5.74) is 2.04. The van der Waals surface area contributed by atoms with Crippen LogP contribution in [0.15, 0.2) is 53.9 Å². The van der Waals surface area contributed by atoms with Crippen molar-refractivity contribution in [2.24, 2.45) is 0 Å². The molecule has 1 N–H and O–H groups in total. The summed E-state index contributed by atoms with van der Waals surface area (Å²) in [6, 6.07) is 14.2. The average molecular weight is 401 g/mol. The fourth-order valence-electron chi connectivity index (χ4n) is 3.11. The van der Waals surface area contributed by atoms with Crippen LogP contribution >= 0.6 is 0 Å². The van der Waals surface area contributed by atoms with Crippen molar-refractivity contribution >= 4 is 22.0 Å². The Kier molecular flexibility index (Phi) is 6.16. The number of phenols is 1. The summed E-state index contributed by atoms with van der Waals surface area (Å²) < 4.78 is 26.5. The summed E-state index contributed by atoms with van der Waals surface area (Å²) in [7, 11) is -3.55. The van der Waals surface area contributed by atoms with E-state index in [9.17, 15) is 18.3 Å². The number of carbonyl (C=O) groups is 1. The molecule has 0 bridgehead atoms. The molecule has 0 radical (unpaired) electrons. The van der Waals surface area contributed by atoms with Crippen LogP contribution in [0.3, 0.4) is 0 Å². The molecule has 1 aliphatic heterocycles. The van der Waals surface area contributed by atoms with Crippen LogP contribution < -0.4 is 0 Å². The predicted molar refractivity (Wildman–Crippen MR) is 109 cm³/mol. The van der Waals surface area contributed by atoms with Gasteiger partial charge < -0.3 is 10.0 Å². The van der Waals surface area contributed by atoms with Crippen molar-refractivity contribution in [2.45, 2.75) is 13.3 Å².